The highest BCUT2D eigenvalue weighted by Gasteiger charge is 2.19. The van der Waals surface area contributed by atoms with Gasteiger partial charge in [0.2, 0.25) is 0 Å². The molecule has 0 saturated carbocycles. The lowest BCUT2D eigenvalue weighted by Gasteiger charge is -2.12. The lowest BCUT2D eigenvalue weighted by molar-refractivity contribution is 0.0708. The normalized spacial score (nSPS) is 11.0. The predicted molar refractivity (Wildman–Crippen MR) is 127 cm³/mol. The largest absolute Gasteiger partial charge is 0.465 e. The van der Waals surface area contributed by atoms with Crippen molar-refractivity contribution in [2.24, 2.45) is 0 Å². The number of carbonyl (C=O) groups is 1. The lowest BCUT2D eigenvalue weighted by Crippen LogP contribution is -2.20. The molecule has 0 aliphatic carbocycles. The molecule has 0 unspecified atom stereocenters. The summed E-state index contributed by atoms with van der Waals surface area (Å²) in [5.74, 6) is -0.884. The quantitative estimate of drug-likeness (QED) is 0.244. The van der Waals surface area contributed by atoms with E-state index in [0.717, 1.165) is 22.3 Å². The summed E-state index contributed by atoms with van der Waals surface area (Å²) in [7, 11) is 0. The summed E-state index contributed by atoms with van der Waals surface area (Å²) in [5.41, 5.74) is 6.63. The number of aromatic nitrogens is 4. The summed E-state index contributed by atoms with van der Waals surface area (Å²) in [5, 5.41) is 13.0. The number of rotatable bonds is 7. The predicted octanol–water partition coefficient (Wildman–Crippen LogP) is 3.61. The third-order valence-corrected chi connectivity index (χ3v) is 5.58. The molecule has 3 aromatic carbocycles. The topological polar surface area (TPSA) is 135 Å². The fourth-order valence-electron chi connectivity index (χ4n) is 4.05. The van der Waals surface area contributed by atoms with Crippen molar-refractivity contribution >= 4 is 16.9 Å². The standard InChI is InChI=1S/C25H21N5O5/c1-2-34-24-26-20-9-5-8-19(23(31)28-33)21(20)30(24)14-15-10-12-16(13-11-15)17-6-3-4-7-18(17)22-27-25(32)35-29-22/h3-13,33H,2,14H2,1H3,(H,28,31)(H,27,29,32). The van der Waals surface area contributed by atoms with E-state index >= 15 is 0 Å². The van der Waals surface area contributed by atoms with Gasteiger partial charge in [-0.3, -0.25) is 24.1 Å². The van der Waals surface area contributed by atoms with Crippen LogP contribution in [0.2, 0.25) is 0 Å². The van der Waals surface area contributed by atoms with Crippen LogP contribution in [0, 0.1) is 0 Å². The molecule has 0 aliphatic rings. The molecule has 2 heterocycles. The van der Waals surface area contributed by atoms with E-state index in [-0.39, 0.29) is 5.56 Å². The molecule has 10 nitrogen and oxygen atoms in total. The van der Waals surface area contributed by atoms with Crippen LogP contribution < -0.4 is 16.0 Å². The molecule has 0 radical (unpaired) electrons. The molecule has 5 aromatic rings. The first-order valence-electron chi connectivity index (χ1n) is 10.9. The molecule has 5 rings (SSSR count). The fourth-order valence-corrected chi connectivity index (χ4v) is 4.05. The lowest BCUT2D eigenvalue weighted by atomic mass is 9.98. The van der Waals surface area contributed by atoms with E-state index in [1.807, 2.05) is 60.0 Å². The molecular formula is C25H21N5O5. The SMILES string of the molecule is CCOc1nc2cccc(C(=O)NO)c2n1Cc1ccc(-c2ccccc2-c2noc(=O)[nH]2)cc1. The van der Waals surface area contributed by atoms with E-state index in [1.165, 1.54) is 0 Å². The summed E-state index contributed by atoms with van der Waals surface area (Å²) in [6, 6.07) is 20.9. The van der Waals surface area contributed by atoms with Crippen LogP contribution in [0.1, 0.15) is 22.8 Å². The van der Waals surface area contributed by atoms with Gasteiger partial charge in [-0.25, -0.2) is 10.3 Å². The monoisotopic (exact) mass is 471 g/mol. The molecule has 35 heavy (non-hydrogen) atoms. The summed E-state index contributed by atoms with van der Waals surface area (Å²) >= 11 is 0. The number of H-pyrrole nitrogens is 1. The second-order valence-corrected chi connectivity index (χ2v) is 7.71. The van der Waals surface area contributed by atoms with Crippen molar-refractivity contribution in [3.63, 3.8) is 0 Å². The Bertz CT molecular complexity index is 1570. The molecule has 0 bridgehead atoms. The van der Waals surface area contributed by atoms with Gasteiger partial charge in [0.1, 0.15) is 0 Å². The van der Waals surface area contributed by atoms with Crippen molar-refractivity contribution in [1.29, 1.82) is 0 Å². The summed E-state index contributed by atoms with van der Waals surface area (Å²) < 4.78 is 12.2. The number of nitrogens with zero attached hydrogens (tertiary/aromatic N) is 3. The van der Waals surface area contributed by atoms with Gasteiger partial charge >= 0.3 is 5.76 Å². The van der Waals surface area contributed by atoms with Gasteiger partial charge in [0.05, 0.1) is 29.7 Å². The van der Waals surface area contributed by atoms with Crippen LogP contribution in [0.4, 0.5) is 0 Å². The summed E-state index contributed by atoms with van der Waals surface area (Å²) in [6.07, 6.45) is 0. The van der Waals surface area contributed by atoms with Gasteiger partial charge in [0, 0.05) is 5.56 Å². The van der Waals surface area contributed by atoms with Crippen molar-refractivity contribution in [2.75, 3.05) is 6.61 Å². The van der Waals surface area contributed by atoms with Crippen LogP contribution in [-0.2, 0) is 6.54 Å². The zero-order valence-electron chi connectivity index (χ0n) is 18.7. The number of hydrogen-bond donors (Lipinski definition) is 3. The number of fused-ring (bicyclic) bond motifs is 1. The Balaban J connectivity index is 1.53. The smallest absolute Gasteiger partial charge is 0.439 e. The maximum Gasteiger partial charge on any atom is 0.439 e. The Morgan fingerprint density at radius 3 is 2.54 bits per heavy atom. The maximum absolute atomic E-state index is 12.3. The molecule has 0 spiro atoms. The highest BCUT2D eigenvalue weighted by Crippen LogP contribution is 2.31. The van der Waals surface area contributed by atoms with E-state index in [9.17, 15) is 14.8 Å². The van der Waals surface area contributed by atoms with Gasteiger partial charge in [-0.15, -0.1) is 0 Å². The second kappa shape index (κ2) is 9.27. The van der Waals surface area contributed by atoms with E-state index in [0.29, 0.717) is 36.0 Å². The van der Waals surface area contributed by atoms with Gasteiger partial charge < -0.3 is 4.74 Å². The number of hydrogen-bond acceptors (Lipinski definition) is 7. The van der Waals surface area contributed by atoms with Crippen LogP contribution in [-0.4, -0.2) is 37.4 Å². The zero-order valence-corrected chi connectivity index (χ0v) is 18.7. The van der Waals surface area contributed by atoms with E-state index in [4.69, 9.17) is 4.74 Å². The first-order valence-corrected chi connectivity index (χ1v) is 10.9. The maximum atomic E-state index is 12.3. The number of para-hydroxylation sites is 1. The highest BCUT2D eigenvalue weighted by atomic mass is 16.5. The Hall–Kier alpha value is -4.70. The van der Waals surface area contributed by atoms with Crippen LogP contribution in [0.15, 0.2) is 76.0 Å². The first kappa shape index (κ1) is 22.1. The number of amides is 1. The molecule has 0 atom stereocenters. The first-order chi connectivity index (χ1) is 17.1. The second-order valence-electron chi connectivity index (χ2n) is 7.71. The average Bonchev–Trinajstić information content (AvgIpc) is 3.47. The van der Waals surface area contributed by atoms with Gasteiger partial charge in [0.25, 0.3) is 11.9 Å². The van der Waals surface area contributed by atoms with Gasteiger partial charge in [-0.05, 0) is 35.7 Å². The van der Waals surface area contributed by atoms with E-state index in [1.54, 1.807) is 23.7 Å². The van der Waals surface area contributed by atoms with Crippen molar-refractivity contribution in [3.8, 4) is 28.5 Å². The minimum atomic E-state index is -0.627. The Morgan fingerprint density at radius 2 is 1.86 bits per heavy atom. The third-order valence-electron chi connectivity index (χ3n) is 5.58. The average molecular weight is 471 g/mol. The number of imidazole rings is 1. The minimum Gasteiger partial charge on any atom is -0.465 e. The minimum absolute atomic E-state index is 0.288. The van der Waals surface area contributed by atoms with Crippen molar-refractivity contribution < 1.29 is 19.3 Å². The van der Waals surface area contributed by atoms with Gasteiger partial charge in [-0.2, -0.15) is 4.98 Å². The van der Waals surface area contributed by atoms with Crippen LogP contribution in [0.25, 0.3) is 33.5 Å². The third kappa shape index (κ3) is 4.18. The van der Waals surface area contributed by atoms with Gasteiger partial charge in [-0.1, -0.05) is 59.8 Å². The molecule has 10 heteroatoms. The summed E-state index contributed by atoms with van der Waals surface area (Å²) in [4.78, 5) is 30.8. The van der Waals surface area contributed by atoms with E-state index in [2.05, 4.69) is 19.6 Å². The molecule has 176 valence electrons. The van der Waals surface area contributed by atoms with Crippen LogP contribution >= 0.6 is 0 Å². The number of nitrogens with one attached hydrogen (secondary N) is 2. The number of carbonyl (C=O) groups excluding carboxylic acids is 1. The molecule has 2 aromatic heterocycles. The number of aromatic amines is 1. The molecule has 1 amide bonds. The van der Waals surface area contributed by atoms with Crippen LogP contribution in [0.5, 0.6) is 6.01 Å². The van der Waals surface area contributed by atoms with Crippen molar-refractivity contribution in [1.82, 2.24) is 25.2 Å². The number of ether oxygens (including phenoxy) is 1. The molecule has 0 aliphatic heterocycles. The molecule has 0 saturated heterocycles. The summed E-state index contributed by atoms with van der Waals surface area (Å²) in [6.45, 7) is 2.66. The number of hydroxylamine groups is 1. The fraction of sp³-hybridized carbons (Fsp3) is 0.120. The van der Waals surface area contributed by atoms with Gasteiger partial charge in [0.15, 0.2) is 5.82 Å². The molecular weight excluding hydrogens is 450 g/mol. The Labute approximate surface area is 198 Å². The Kier molecular flexibility index (Phi) is 5.86. The van der Waals surface area contributed by atoms with Crippen LogP contribution in [0.3, 0.4) is 0 Å². The van der Waals surface area contributed by atoms with E-state index < -0.39 is 11.7 Å². The molecule has 3 N–H and O–H groups in total. The van der Waals surface area contributed by atoms with Crippen molar-refractivity contribution in [2.45, 2.75) is 13.5 Å². The zero-order chi connectivity index (χ0) is 24.4. The molecule has 0 fully saturated rings. The Morgan fingerprint density at radius 1 is 1.09 bits per heavy atom. The van der Waals surface area contributed by atoms with Crippen molar-refractivity contribution in [3.05, 3.63) is 88.4 Å². The number of benzene rings is 3. The highest BCUT2D eigenvalue weighted by molar-refractivity contribution is 6.04.